The van der Waals surface area contributed by atoms with Crippen molar-refractivity contribution in [3.63, 3.8) is 0 Å². The first-order valence-electron chi connectivity index (χ1n) is 6.56. The van der Waals surface area contributed by atoms with Crippen LogP contribution in [0.4, 0.5) is 4.39 Å². The van der Waals surface area contributed by atoms with E-state index in [4.69, 9.17) is 5.73 Å². The molecule has 0 bridgehead atoms. The Morgan fingerprint density at radius 1 is 1.59 bits per heavy atom. The normalized spacial score (nSPS) is 28.8. The molecule has 17 heavy (non-hydrogen) atoms. The largest absolute Gasteiger partial charge is 0.328 e. The molecule has 1 saturated carbocycles. The highest BCUT2D eigenvalue weighted by Gasteiger charge is 2.38. The first-order chi connectivity index (χ1) is 8.06. The van der Waals surface area contributed by atoms with Crippen LogP contribution in [0.15, 0.2) is 6.07 Å². The minimum absolute atomic E-state index is 0.0312. The summed E-state index contributed by atoms with van der Waals surface area (Å²) in [4.78, 5) is 0. The lowest BCUT2D eigenvalue weighted by molar-refractivity contribution is 0.167. The minimum atomic E-state index is -1.11. The Morgan fingerprint density at radius 2 is 2.35 bits per heavy atom. The number of hydrogen-bond acceptors (Lipinski definition) is 2. The average Bonchev–Trinajstić information content (AvgIpc) is 2.83. The summed E-state index contributed by atoms with van der Waals surface area (Å²) in [7, 11) is 0. The summed E-state index contributed by atoms with van der Waals surface area (Å²) < 4.78 is 16.5. The Morgan fingerprint density at radius 3 is 2.88 bits per heavy atom. The number of nitrogens with two attached hydrogens (primary N) is 1. The highest BCUT2D eigenvalue weighted by atomic mass is 19.1. The third kappa shape index (κ3) is 2.68. The standard InChI is InChI=1S/C13H22FN3/c1-3-11-7-12(17(4-2)16-11)9-13(14)6-5-10(15)8-13/h7,10H,3-6,8-9,15H2,1-2H3. The van der Waals surface area contributed by atoms with Gasteiger partial charge in [-0.15, -0.1) is 0 Å². The third-order valence-corrected chi connectivity index (χ3v) is 3.66. The molecule has 1 aliphatic rings. The van der Waals surface area contributed by atoms with Crippen LogP contribution >= 0.6 is 0 Å². The second-order valence-electron chi connectivity index (χ2n) is 5.13. The van der Waals surface area contributed by atoms with E-state index in [0.717, 1.165) is 30.8 Å². The van der Waals surface area contributed by atoms with Gasteiger partial charge in [-0.3, -0.25) is 4.68 Å². The lowest BCUT2D eigenvalue weighted by atomic mass is 9.97. The Kier molecular flexibility index (Phi) is 3.52. The second-order valence-corrected chi connectivity index (χ2v) is 5.13. The van der Waals surface area contributed by atoms with E-state index in [1.54, 1.807) is 0 Å². The molecule has 0 aromatic carbocycles. The molecule has 1 aromatic rings. The number of nitrogens with zero attached hydrogens (tertiary/aromatic N) is 2. The molecule has 2 atom stereocenters. The van der Waals surface area contributed by atoms with Crippen LogP contribution in [0.3, 0.4) is 0 Å². The molecule has 0 saturated heterocycles. The van der Waals surface area contributed by atoms with E-state index in [1.165, 1.54) is 0 Å². The van der Waals surface area contributed by atoms with Crippen molar-refractivity contribution in [3.8, 4) is 0 Å². The van der Waals surface area contributed by atoms with Crippen molar-refractivity contribution in [1.82, 2.24) is 9.78 Å². The van der Waals surface area contributed by atoms with Crippen LogP contribution in [-0.4, -0.2) is 21.5 Å². The molecule has 1 aliphatic carbocycles. The molecule has 0 radical (unpaired) electrons. The van der Waals surface area contributed by atoms with E-state index in [2.05, 4.69) is 12.0 Å². The van der Waals surface area contributed by atoms with Gasteiger partial charge in [0.15, 0.2) is 0 Å². The predicted octanol–water partition coefficient (Wildman–Crippen LogP) is 2.23. The van der Waals surface area contributed by atoms with Gasteiger partial charge in [0.2, 0.25) is 0 Å². The fourth-order valence-electron chi connectivity index (χ4n) is 2.71. The van der Waals surface area contributed by atoms with Crippen molar-refractivity contribution < 1.29 is 4.39 Å². The zero-order valence-corrected chi connectivity index (χ0v) is 10.7. The zero-order valence-electron chi connectivity index (χ0n) is 10.7. The average molecular weight is 239 g/mol. The van der Waals surface area contributed by atoms with E-state index in [9.17, 15) is 4.39 Å². The molecule has 0 amide bonds. The minimum Gasteiger partial charge on any atom is -0.328 e. The van der Waals surface area contributed by atoms with E-state index in [1.807, 2.05) is 17.7 Å². The number of aryl methyl sites for hydroxylation is 2. The summed E-state index contributed by atoms with van der Waals surface area (Å²) in [6, 6.07) is 2.07. The molecule has 0 aliphatic heterocycles. The Labute approximate surface area is 102 Å². The van der Waals surface area contributed by atoms with Gasteiger partial charge in [0, 0.05) is 24.7 Å². The SMILES string of the molecule is CCc1cc(CC2(F)CCC(N)C2)n(CC)n1. The van der Waals surface area contributed by atoms with Crippen LogP contribution < -0.4 is 5.73 Å². The van der Waals surface area contributed by atoms with Gasteiger partial charge in [-0.05, 0) is 38.7 Å². The van der Waals surface area contributed by atoms with Crippen molar-refractivity contribution in [2.45, 2.75) is 64.2 Å². The van der Waals surface area contributed by atoms with Gasteiger partial charge in [-0.25, -0.2) is 4.39 Å². The third-order valence-electron chi connectivity index (χ3n) is 3.66. The Balaban J connectivity index is 2.14. The van der Waals surface area contributed by atoms with E-state index in [-0.39, 0.29) is 6.04 Å². The predicted molar refractivity (Wildman–Crippen MR) is 66.6 cm³/mol. The van der Waals surface area contributed by atoms with Crippen molar-refractivity contribution in [2.24, 2.45) is 5.73 Å². The molecule has 1 aromatic heterocycles. The quantitative estimate of drug-likeness (QED) is 0.875. The first-order valence-corrected chi connectivity index (χ1v) is 6.56. The molecule has 96 valence electrons. The van der Waals surface area contributed by atoms with Gasteiger partial charge in [-0.2, -0.15) is 5.10 Å². The number of alkyl halides is 1. The van der Waals surface area contributed by atoms with Crippen LogP contribution in [0.2, 0.25) is 0 Å². The Hall–Kier alpha value is -0.900. The topological polar surface area (TPSA) is 43.8 Å². The fraction of sp³-hybridized carbons (Fsp3) is 0.769. The van der Waals surface area contributed by atoms with E-state index in [0.29, 0.717) is 19.3 Å². The van der Waals surface area contributed by atoms with Crippen molar-refractivity contribution >= 4 is 0 Å². The zero-order chi connectivity index (χ0) is 12.5. The van der Waals surface area contributed by atoms with Crippen LogP contribution in [0.5, 0.6) is 0 Å². The molecule has 2 unspecified atom stereocenters. The monoisotopic (exact) mass is 239 g/mol. The lowest BCUT2D eigenvalue weighted by Crippen LogP contribution is -2.26. The molecular formula is C13H22FN3. The van der Waals surface area contributed by atoms with Crippen LogP contribution in [0, 0.1) is 0 Å². The molecule has 4 heteroatoms. The van der Waals surface area contributed by atoms with Gasteiger partial charge in [0.1, 0.15) is 5.67 Å². The van der Waals surface area contributed by atoms with E-state index < -0.39 is 5.67 Å². The smallest absolute Gasteiger partial charge is 0.118 e. The summed E-state index contributed by atoms with van der Waals surface area (Å²) in [5, 5.41) is 4.46. The molecule has 2 rings (SSSR count). The van der Waals surface area contributed by atoms with Gasteiger partial charge in [0.25, 0.3) is 0 Å². The summed E-state index contributed by atoms with van der Waals surface area (Å²) in [5.41, 5.74) is 6.75. The number of halogens is 1. The van der Waals surface area contributed by atoms with Crippen LogP contribution in [0.25, 0.3) is 0 Å². The van der Waals surface area contributed by atoms with Crippen molar-refractivity contribution in [1.29, 1.82) is 0 Å². The molecule has 3 nitrogen and oxygen atoms in total. The fourth-order valence-corrected chi connectivity index (χ4v) is 2.71. The van der Waals surface area contributed by atoms with Gasteiger partial charge in [0.05, 0.1) is 5.69 Å². The molecule has 0 spiro atoms. The summed E-state index contributed by atoms with van der Waals surface area (Å²) in [5.74, 6) is 0. The van der Waals surface area contributed by atoms with Crippen molar-refractivity contribution in [2.75, 3.05) is 0 Å². The molecule has 1 heterocycles. The number of hydrogen-bond donors (Lipinski definition) is 1. The molecule has 2 N–H and O–H groups in total. The molecule has 1 fully saturated rings. The van der Waals surface area contributed by atoms with Gasteiger partial charge < -0.3 is 5.73 Å². The molecular weight excluding hydrogens is 217 g/mol. The van der Waals surface area contributed by atoms with Gasteiger partial charge in [-0.1, -0.05) is 6.92 Å². The van der Waals surface area contributed by atoms with E-state index >= 15 is 0 Å². The highest BCUT2D eigenvalue weighted by Crippen LogP contribution is 2.35. The van der Waals surface area contributed by atoms with Crippen LogP contribution in [-0.2, 0) is 19.4 Å². The maximum absolute atomic E-state index is 14.6. The highest BCUT2D eigenvalue weighted by molar-refractivity contribution is 5.14. The maximum atomic E-state index is 14.6. The first kappa shape index (κ1) is 12.6. The number of rotatable bonds is 4. The number of aromatic nitrogens is 2. The summed E-state index contributed by atoms with van der Waals surface area (Å²) in [6.07, 6.45) is 3.24. The van der Waals surface area contributed by atoms with Crippen molar-refractivity contribution in [3.05, 3.63) is 17.5 Å². The Bertz CT molecular complexity index is 388. The lowest BCUT2D eigenvalue weighted by Gasteiger charge is -2.19. The van der Waals surface area contributed by atoms with Gasteiger partial charge >= 0.3 is 0 Å². The van der Waals surface area contributed by atoms with Crippen LogP contribution in [0.1, 0.15) is 44.5 Å². The summed E-state index contributed by atoms with van der Waals surface area (Å²) >= 11 is 0. The summed E-state index contributed by atoms with van der Waals surface area (Å²) in [6.45, 7) is 4.92. The second kappa shape index (κ2) is 4.77. The maximum Gasteiger partial charge on any atom is 0.118 e.